The van der Waals surface area contributed by atoms with Crippen molar-refractivity contribution in [3.8, 4) is 11.5 Å². The Kier molecular flexibility index (Phi) is 11.6. The number of guanidine groups is 1. The van der Waals surface area contributed by atoms with E-state index in [0.29, 0.717) is 30.4 Å². The van der Waals surface area contributed by atoms with Crippen LogP contribution in [0, 0.1) is 13.8 Å². The molecule has 0 atom stereocenters. The molecule has 0 amide bonds. The highest BCUT2D eigenvalue weighted by Crippen LogP contribution is 2.26. The number of nitrogens with one attached hydrogen (secondary N) is 2. The fourth-order valence-corrected chi connectivity index (χ4v) is 3.08. The van der Waals surface area contributed by atoms with E-state index in [2.05, 4.69) is 25.5 Å². The van der Waals surface area contributed by atoms with E-state index in [1.54, 1.807) is 19.2 Å². The lowest BCUT2D eigenvalue weighted by atomic mass is 10.1. The van der Waals surface area contributed by atoms with Crippen molar-refractivity contribution in [2.24, 2.45) is 12.0 Å². The predicted octanol–water partition coefficient (Wildman–Crippen LogP) is 3.95. The van der Waals surface area contributed by atoms with Crippen molar-refractivity contribution in [2.45, 2.75) is 46.8 Å². The van der Waals surface area contributed by atoms with Crippen molar-refractivity contribution in [1.29, 1.82) is 0 Å². The van der Waals surface area contributed by atoms with Crippen LogP contribution in [0.1, 0.15) is 35.9 Å². The number of benzene rings is 1. The minimum atomic E-state index is -2.91. The Morgan fingerprint density at radius 2 is 2.00 bits per heavy atom. The van der Waals surface area contributed by atoms with Gasteiger partial charge in [0.25, 0.3) is 0 Å². The highest BCUT2D eigenvalue weighted by Gasteiger charge is 2.13. The molecule has 0 aliphatic carbocycles. The maximum Gasteiger partial charge on any atom is 0.387 e. The summed E-state index contributed by atoms with van der Waals surface area (Å²) in [5.41, 5.74) is 3.94. The molecule has 0 unspecified atom stereocenters. The monoisotopic (exact) mass is 551 g/mol. The second-order valence-electron chi connectivity index (χ2n) is 6.87. The zero-order valence-electron chi connectivity index (χ0n) is 18.7. The molecule has 1 aromatic carbocycles. The standard InChI is InChI=1S/C21H31F2N5O2.HI/c1-6-11-29-17-8-7-16(19(12-17)30-20(22)23)13-26-21(24-4)25-10-9-18-14(2)27-28(5)15(18)3;/h7-8,12,20H,6,9-11,13H2,1-5H3,(H2,24,25,26);1H. The van der Waals surface area contributed by atoms with Gasteiger partial charge in [-0.1, -0.05) is 6.92 Å². The van der Waals surface area contributed by atoms with E-state index in [1.165, 1.54) is 11.6 Å². The van der Waals surface area contributed by atoms with Gasteiger partial charge in [0.05, 0.1) is 12.3 Å². The Labute approximate surface area is 199 Å². The van der Waals surface area contributed by atoms with E-state index >= 15 is 0 Å². The first-order chi connectivity index (χ1) is 14.3. The molecule has 0 spiro atoms. The summed E-state index contributed by atoms with van der Waals surface area (Å²) in [6.45, 7) is 4.56. The molecule has 1 heterocycles. The summed E-state index contributed by atoms with van der Waals surface area (Å²) < 4.78 is 37.7. The largest absolute Gasteiger partial charge is 0.493 e. The van der Waals surface area contributed by atoms with Crippen LogP contribution < -0.4 is 20.1 Å². The van der Waals surface area contributed by atoms with E-state index in [1.807, 2.05) is 32.5 Å². The van der Waals surface area contributed by atoms with E-state index in [4.69, 9.17) is 4.74 Å². The molecular formula is C21H32F2IN5O2. The lowest BCUT2D eigenvalue weighted by Crippen LogP contribution is -2.38. The van der Waals surface area contributed by atoms with Crippen molar-refractivity contribution in [3.05, 3.63) is 40.7 Å². The number of alkyl halides is 2. The molecule has 0 saturated heterocycles. The van der Waals surface area contributed by atoms with Gasteiger partial charge in [-0.25, -0.2) is 0 Å². The third kappa shape index (κ3) is 8.15. The topological polar surface area (TPSA) is 72.7 Å². The summed E-state index contributed by atoms with van der Waals surface area (Å²) in [6, 6.07) is 4.95. The number of aryl methyl sites for hydroxylation is 2. The molecule has 1 aromatic heterocycles. The van der Waals surface area contributed by atoms with Gasteiger partial charge in [-0.05, 0) is 44.4 Å². The van der Waals surface area contributed by atoms with E-state index in [0.717, 1.165) is 24.2 Å². The van der Waals surface area contributed by atoms with Crippen LogP contribution in [0.4, 0.5) is 8.78 Å². The Balaban J connectivity index is 0.00000480. The van der Waals surface area contributed by atoms with E-state index in [9.17, 15) is 8.78 Å². The minimum absolute atomic E-state index is 0. The number of hydrogen-bond donors (Lipinski definition) is 2. The van der Waals surface area contributed by atoms with Gasteiger partial charge in [0, 0.05) is 44.5 Å². The summed E-state index contributed by atoms with van der Waals surface area (Å²) in [4.78, 5) is 4.19. The summed E-state index contributed by atoms with van der Waals surface area (Å²) >= 11 is 0. The minimum Gasteiger partial charge on any atom is -0.493 e. The maximum absolute atomic E-state index is 12.8. The molecule has 7 nitrogen and oxygen atoms in total. The van der Waals surface area contributed by atoms with E-state index in [-0.39, 0.29) is 36.3 Å². The summed E-state index contributed by atoms with van der Waals surface area (Å²) in [6.07, 6.45) is 1.63. The quantitative estimate of drug-likeness (QED) is 0.266. The van der Waals surface area contributed by atoms with E-state index < -0.39 is 6.61 Å². The van der Waals surface area contributed by atoms with Crippen LogP contribution >= 0.6 is 24.0 Å². The Morgan fingerprint density at radius 1 is 1.26 bits per heavy atom. The molecule has 0 bridgehead atoms. The molecule has 174 valence electrons. The molecule has 2 aromatic rings. The lowest BCUT2D eigenvalue weighted by Gasteiger charge is -2.16. The highest BCUT2D eigenvalue weighted by atomic mass is 127. The van der Waals surface area contributed by atoms with Gasteiger partial charge in [-0.2, -0.15) is 13.9 Å². The van der Waals surface area contributed by atoms with Crippen LogP contribution in [0.15, 0.2) is 23.2 Å². The number of hydrogen-bond acceptors (Lipinski definition) is 4. The first-order valence-electron chi connectivity index (χ1n) is 9.99. The molecule has 2 N–H and O–H groups in total. The molecule has 31 heavy (non-hydrogen) atoms. The summed E-state index contributed by atoms with van der Waals surface area (Å²) in [7, 11) is 3.59. The number of nitrogens with zero attached hydrogens (tertiary/aromatic N) is 3. The molecule has 0 radical (unpaired) electrons. The van der Waals surface area contributed by atoms with Crippen molar-refractivity contribution in [1.82, 2.24) is 20.4 Å². The Morgan fingerprint density at radius 3 is 2.58 bits per heavy atom. The van der Waals surface area contributed by atoms with Gasteiger partial charge in [-0.3, -0.25) is 9.67 Å². The third-order valence-electron chi connectivity index (χ3n) is 4.72. The van der Waals surface area contributed by atoms with Gasteiger partial charge in [0.2, 0.25) is 0 Å². The smallest absolute Gasteiger partial charge is 0.387 e. The van der Waals surface area contributed by atoms with Gasteiger partial charge < -0.3 is 20.1 Å². The lowest BCUT2D eigenvalue weighted by molar-refractivity contribution is -0.0505. The fourth-order valence-electron chi connectivity index (χ4n) is 3.08. The van der Waals surface area contributed by atoms with Gasteiger partial charge in [0.15, 0.2) is 5.96 Å². The highest BCUT2D eigenvalue weighted by molar-refractivity contribution is 14.0. The normalized spacial score (nSPS) is 11.3. The van der Waals surface area contributed by atoms with Gasteiger partial charge in [-0.15, -0.1) is 24.0 Å². The van der Waals surface area contributed by atoms with Crippen molar-refractivity contribution in [3.63, 3.8) is 0 Å². The molecule has 0 fully saturated rings. The predicted molar refractivity (Wildman–Crippen MR) is 129 cm³/mol. The molecule has 10 heteroatoms. The average Bonchev–Trinajstić information content (AvgIpc) is 2.95. The van der Waals surface area contributed by atoms with Crippen molar-refractivity contribution >= 4 is 29.9 Å². The third-order valence-corrected chi connectivity index (χ3v) is 4.72. The SMILES string of the molecule is CCCOc1ccc(CNC(=NC)NCCc2c(C)nn(C)c2C)c(OC(F)F)c1.I. The van der Waals surface area contributed by atoms with Gasteiger partial charge in [0.1, 0.15) is 11.5 Å². The number of ether oxygens (including phenoxy) is 2. The number of halogens is 3. The Bertz CT molecular complexity index is 859. The molecule has 0 aliphatic rings. The van der Waals surface area contributed by atoms with Crippen LogP contribution in [-0.4, -0.2) is 42.6 Å². The second-order valence-corrected chi connectivity index (χ2v) is 6.87. The zero-order valence-corrected chi connectivity index (χ0v) is 21.0. The molecule has 0 saturated carbocycles. The van der Waals surface area contributed by atoms with Crippen LogP contribution in [0.3, 0.4) is 0 Å². The fraction of sp³-hybridized carbons (Fsp3) is 0.524. The molecule has 2 rings (SSSR count). The first kappa shape index (κ1) is 26.9. The summed E-state index contributed by atoms with van der Waals surface area (Å²) in [5.74, 6) is 1.16. The van der Waals surface area contributed by atoms with Crippen LogP contribution in [0.25, 0.3) is 0 Å². The molecule has 0 aliphatic heterocycles. The zero-order chi connectivity index (χ0) is 22.1. The van der Waals surface area contributed by atoms with Gasteiger partial charge >= 0.3 is 6.61 Å². The number of aliphatic imine (C=N–C) groups is 1. The summed E-state index contributed by atoms with van der Waals surface area (Å²) in [5, 5.41) is 10.8. The average molecular weight is 551 g/mol. The van der Waals surface area contributed by atoms with Crippen LogP contribution in [-0.2, 0) is 20.0 Å². The second kappa shape index (κ2) is 13.3. The van der Waals surface area contributed by atoms with Crippen LogP contribution in [0.5, 0.6) is 11.5 Å². The first-order valence-corrected chi connectivity index (χ1v) is 9.99. The van der Waals surface area contributed by atoms with Crippen molar-refractivity contribution < 1.29 is 18.3 Å². The maximum atomic E-state index is 12.8. The van der Waals surface area contributed by atoms with Crippen molar-refractivity contribution in [2.75, 3.05) is 20.2 Å². The van der Waals surface area contributed by atoms with Crippen LogP contribution in [0.2, 0.25) is 0 Å². The number of rotatable bonds is 10. The molecular weight excluding hydrogens is 519 g/mol. The Hall–Kier alpha value is -2.11. The number of aromatic nitrogens is 2.